The van der Waals surface area contributed by atoms with Gasteiger partial charge < -0.3 is 4.90 Å². The van der Waals surface area contributed by atoms with Crippen LogP contribution in [0, 0.1) is 11.9 Å². The average Bonchev–Trinajstić information content (AvgIpc) is 2.32. The Hall–Kier alpha value is -1.45. The van der Waals surface area contributed by atoms with Crippen molar-refractivity contribution in [1.29, 1.82) is 0 Å². The second-order valence-corrected chi connectivity index (χ2v) is 4.70. The van der Waals surface area contributed by atoms with Crippen LogP contribution in [0.5, 0.6) is 0 Å². The van der Waals surface area contributed by atoms with Gasteiger partial charge in [0.25, 0.3) is 5.91 Å². The Kier molecular flexibility index (Phi) is 3.41. The van der Waals surface area contributed by atoms with Crippen LogP contribution in [0.3, 0.4) is 0 Å². The zero-order chi connectivity index (χ0) is 12.4. The molecule has 1 amide bonds. The van der Waals surface area contributed by atoms with Crippen molar-refractivity contribution in [3.8, 4) is 0 Å². The third kappa shape index (κ3) is 2.46. The Bertz CT molecular complexity index is 422. The number of pyridine rings is 1. The zero-order valence-corrected chi connectivity index (χ0v) is 10.2. The standard InChI is InChI=1S/C13H17FN2O/c1-9-5-4-8-16(10(9)2)13(17)11-6-3-7-12(14)15-11/h3,6-7,9-10H,4-5,8H2,1-2H3. The maximum atomic E-state index is 13.0. The predicted octanol–water partition coefficient (Wildman–Crippen LogP) is 2.48. The van der Waals surface area contributed by atoms with Crippen molar-refractivity contribution < 1.29 is 9.18 Å². The molecule has 2 heterocycles. The van der Waals surface area contributed by atoms with Crippen molar-refractivity contribution in [3.05, 3.63) is 29.8 Å². The number of aromatic nitrogens is 1. The average molecular weight is 236 g/mol. The highest BCUT2D eigenvalue weighted by Crippen LogP contribution is 2.24. The molecule has 0 spiro atoms. The van der Waals surface area contributed by atoms with Gasteiger partial charge in [0.05, 0.1) is 0 Å². The van der Waals surface area contributed by atoms with Crippen molar-refractivity contribution in [2.45, 2.75) is 32.7 Å². The summed E-state index contributed by atoms with van der Waals surface area (Å²) in [5, 5.41) is 0. The molecule has 0 radical (unpaired) electrons. The van der Waals surface area contributed by atoms with Crippen LogP contribution in [0.15, 0.2) is 18.2 Å². The molecule has 1 aliphatic heterocycles. The van der Waals surface area contributed by atoms with Gasteiger partial charge in [-0.2, -0.15) is 4.39 Å². The molecular weight excluding hydrogens is 219 g/mol. The fourth-order valence-corrected chi connectivity index (χ4v) is 2.30. The first-order valence-electron chi connectivity index (χ1n) is 6.03. The molecule has 0 N–H and O–H groups in total. The minimum Gasteiger partial charge on any atom is -0.334 e. The monoisotopic (exact) mass is 236 g/mol. The number of amides is 1. The Labute approximate surface area is 101 Å². The second kappa shape index (κ2) is 4.82. The molecule has 17 heavy (non-hydrogen) atoms. The number of halogens is 1. The van der Waals surface area contributed by atoms with Crippen LogP contribution in [0.2, 0.25) is 0 Å². The van der Waals surface area contributed by atoms with E-state index >= 15 is 0 Å². The zero-order valence-electron chi connectivity index (χ0n) is 10.2. The van der Waals surface area contributed by atoms with Gasteiger partial charge in [0.15, 0.2) is 0 Å². The van der Waals surface area contributed by atoms with Crippen LogP contribution >= 0.6 is 0 Å². The Morgan fingerprint density at radius 2 is 2.24 bits per heavy atom. The van der Waals surface area contributed by atoms with Gasteiger partial charge in [0.1, 0.15) is 5.69 Å². The quantitative estimate of drug-likeness (QED) is 0.702. The van der Waals surface area contributed by atoms with Gasteiger partial charge in [-0.05, 0) is 37.8 Å². The molecule has 0 saturated carbocycles. The number of hydrogen-bond acceptors (Lipinski definition) is 2. The third-order valence-corrected chi connectivity index (χ3v) is 3.57. The van der Waals surface area contributed by atoms with E-state index in [0.29, 0.717) is 5.92 Å². The molecule has 1 aliphatic rings. The van der Waals surface area contributed by atoms with E-state index in [-0.39, 0.29) is 17.6 Å². The SMILES string of the molecule is CC1CCCN(C(=O)c2cccc(F)n2)C1C. The summed E-state index contributed by atoms with van der Waals surface area (Å²) in [6, 6.07) is 4.53. The first-order chi connectivity index (χ1) is 8.09. The van der Waals surface area contributed by atoms with E-state index < -0.39 is 5.95 Å². The van der Waals surface area contributed by atoms with Gasteiger partial charge in [0, 0.05) is 12.6 Å². The van der Waals surface area contributed by atoms with Crippen LogP contribution in [0.4, 0.5) is 4.39 Å². The number of hydrogen-bond donors (Lipinski definition) is 0. The van der Waals surface area contributed by atoms with Gasteiger partial charge in [-0.25, -0.2) is 4.98 Å². The first kappa shape index (κ1) is 12.0. The summed E-state index contributed by atoms with van der Waals surface area (Å²) >= 11 is 0. The molecular formula is C13H17FN2O. The molecule has 0 aliphatic carbocycles. The van der Waals surface area contributed by atoms with E-state index in [2.05, 4.69) is 11.9 Å². The predicted molar refractivity (Wildman–Crippen MR) is 63.1 cm³/mol. The normalized spacial score (nSPS) is 24.8. The minimum absolute atomic E-state index is 0.163. The van der Waals surface area contributed by atoms with Gasteiger partial charge in [-0.3, -0.25) is 4.79 Å². The van der Waals surface area contributed by atoms with E-state index in [1.807, 2.05) is 6.92 Å². The van der Waals surface area contributed by atoms with Crippen LogP contribution in [-0.4, -0.2) is 28.4 Å². The maximum absolute atomic E-state index is 13.0. The summed E-state index contributed by atoms with van der Waals surface area (Å²) < 4.78 is 13.0. The molecule has 2 unspecified atom stereocenters. The lowest BCUT2D eigenvalue weighted by Crippen LogP contribution is -2.46. The highest BCUT2D eigenvalue weighted by Gasteiger charge is 2.29. The molecule has 0 aromatic carbocycles. The number of likely N-dealkylation sites (tertiary alicyclic amines) is 1. The van der Waals surface area contributed by atoms with Gasteiger partial charge in [-0.15, -0.1) is 0 Å². The number of rotatable bonds is 1. The Morgan fingerprint density at radius 3 is 2.94 bits per heavy atom. The van der Waals surface area contributed by atoms with Gasteiger partial charge in [0.2, 0.25) is 5.95 Å². The van der Waals surface area contributed by atoms with E-state index in [0.717, 1.165) is 19.4 Å². The van der Waals surface area contributed by atoms with E-state index in [1.165, 1.54) is 12.1 Å². The van der Waals surface area contributed by atoms with E-state index in [9.17, 15) is 9.18 Å². The summed E-state index contributed by atoms with van der Waals surface area (Å²) in [6.07, 6.45) is 2.15. The van der Waals surface area contributed by atoms with E-state index in [4.69, 9.17) is 0 Å². The van der Waals surface area contributed by atoms with Crippen molar-refractivity contribution in [1.82, 2.24) is 9.88 Å². The van der Waals surface area contributed by atoms with Crippen LogP contribution in [0.25, 0.3) is 0 Å². The maximum Gasteiger partial charge on any atom is 0.272 e. The fourth-order valence-electron chi connectivity index (χ4n) is 2.30. The molecule has 92 valence electrons. The highest BCUT2D eigenvalue weighted by molar-refractivity contribution is 5.92. The third-order valence-electron chi connectivity index (χ3n) is 3.57. The summed E-state index contributed by atoms with van der Waals surface area (Å²) in [5.41, 5.74) is 0.200. The van der Waals surface area contributed by atoms with Crippen molar-refractivity contribution in [2.75, 3.05) is 6.54 Å². The summed E-state index contributed by atoms with van der Waals surface area (Å²) in [7, 11) is 0. The van der Waals surface area contributed by atoms with E-state index in [1.54, 1.807) is 11.0 Å². The highest BCUT2D eigenvalue weighted by atomic mass is 19.1. The molecule has 1 fully saturated rings. The lowest BCUT2D eigenvalue weighted by atomic mass is 9.92. The molecule has 1 aromatic heterocycles. The second-order valence-electron chi connectivity index (χ2n) is 4.70. The Balaban J connectivity index is 2.19. The van der Waals surface area contributed by atoms with Gasteiger partial charge in [-0.1, -0.05) is 13.0 Å². The lowest BCUT2D eigenvalue weighted by Gasteiger charge is -2.37. The molecule has 2 rings (SSSR count). The largest absolute Gasteiger partial charge is 0.334 e. The number of carbonyl (C=O) groups excluding carboxylic acids is 1. The van der Waals surface area contributed by atoms with Crippen LogP contribution in [0.1, 0.15) is 37.2 Å². The number of piperidine rings is 1. The van der Waals surface area contributed by atoms with Crippen LogP contribution in [-0.2, 0) is 0 Å². The summed E-state index contributed by atoms with van der Waals surface area (Å²) in [6.45, 7) is 4.92. The molecule has 0 bridgehead atoms. The fraction of sp³-hybridized carbons (Fsp3) is 0.538. The number of carbonyl (C=O) groups is 1. The molecule has 1 aromatic rings. The minimum atomic E-state index is -0.603. The van der Waals surface area contributed by atoms with Gasteiger partial charge >= 0.3 is 0 Å². The van der Waals surface area contributed by atoms with Crippen molar-refractivity contribution >= 4 is 5.91 Å². The number of nitrogens with zero attached hydrogens (tertiary/aromatic N) is 2. The summed E-state index contributed by atoms with van der Waals surface area (Å²) in [4.78, 5) is 17.7. The molecule has 4 heteroatoms. The molecule has 1 saturated heterocycles. The Morgan fingerprint density at radius 1 is 1.47 bits per heavy atom. The van der Waals surface area contributed by atoms with Crippen molar-refractivity contribution in [2.24, 2.45) is 5.92 Å². The topological polar surface area (TPSA) is 33.2 Å². The molecule has 2 atom stereocenters. The van der Waals surface area contributed by atoms with Crippen LogP contribution < -0.4 is 0 Å². The lowest BCUT2D eigenvalue weighted by molar-refractivity contribution is 0.0544. The smallest absolute Gasteiger partial charge is 0.272 e. The molecule has 3 nitrogen and oxygen atoms in total. The first-order valence-corrected chi connectivity index (χ1v) is 6.03. The van der Waals surface area contributed by atoms with Crippen molar-refractivity contribution in [3.63, 3.8) is 0 Å². The summed E-state index contributed by atoms with van der Waals surface area (Å²) in [5.74, 6) is -0.279.